The van der Waals surface area contributed by atoms with E-state index in [-0.39, 0.29) is 24.8 Å². The third-order valence-corrected chi connectivity index (χ3v) is 8.78. The fourth-order valence-corrected chi connectivity index (χ4v) is 7.25. The van der Waals surface area contributed by atoms with Crippen molar-refractivity contribution in [3.8, 4) is 0 Å². The Labute approximate surface area is 168 Å². The maximum absolute atomic E-state index is 16.9. The molecular formula is C22H28F2O5. The highest BCUT2D eigenvalue weighted by Crippen LogP contribution is 2.70. The highest BCUT2D eigenvalue weighted by atomic mass is 19.1. The van der Waals surface area contributed by atoms with E-state index in [0.29, 0.717) is 0 Å². The van der Waals surface area contributed by atoms with Gasteiger partial charge in [-0.05, 0) is 55.7 Å². The van der Waals surface area contributed by atoms with Crippen molar-refractivity contribution in [2.75, 3.05) is 6.61 Å². The summed E-state index contributed by atoms with van der Waals surface area (Å²) in [5, 5.41) is 31.9. The summed E-state index contributed by atoms with van der Waals surface area (Å²) in [5.41, 5.74) is -6.81. The molecule has 3 fully saturated rings. The van der Waals surface area contributed by atoms with E-state index in [1.54, 1.807) is 13.8 Å². The first kappa shape index (κ1) is 20.8. The predicted molar refractivity (Wildman–Crippen MR) is 100 cm³/mol. The molecule has 29 heavy (non-hydrogen) atoms. The first-order chi connectivity index (χ1) is 13.4. The van der Waals surface area contributed by atoms with E-state index in [1.807, 2.05) is 0 Å². The van der Waals surface area contributed by atoms with Crippen molar-refractivity contribution in [3.63, 3.8) is 0 Å². The van der Waals surface area contributed by atoms with Crippen molar-refractivity contribution in [2.24, 2.45) is 28.6 Å². The van der Waals surface area contributed by atoms with Crippen LogP contribution in [0.4, 0.5) is 8.78 Å². The lowest BCUT2D eigenvalue weighted by Gasteiger charge is -2.63. The first-order valence-corrected chi connectivity index (χ1v) is 10.2. The number of carbonyl (C=O) groups is 2. The Kier molecular flexibility index (Phi) is 4.34. The average Bonchev–Trinajstić information content (AvgIpc) is 2.86. The van der Waals surface area contributed by atoms with Crippen LogP contribution in [0, 0.1) is 28.6 Å². The topological polar surface area (TPSA) is 94.8 Å². The number of hydrogen-bond acceptors (Lipinski definition) is 5. The molecule has 3 saturated carbocycles. The summed E-state index contributed by atoms with van der Waals surface area (Å²) in [4.78, 5) is 24.3. The first-order valence-electron chi connectivity index (χ1n) is 10.2. The van der Waals surface area contributed by atoms with Gasteiger partial charge >= 0.3 is 0 Å². The van der Waals surface area contributed by atoms with Crippen molar-refractivity contribution < 1.29 is 33.7 Å². The Hall–Kier alpha value is -1.44. The maximum atomic E-state index is 16.9. The van der Waals surface area contributed by atoms with Crippen LogP contribution in [0.5, 0.6) is 0 Å². The monoisotopic (exact) mass is 410 g/mol. The molecule has 0 spiro atoms. The summed E-state index contributed by atoms with van der Waals surface area (Å²) in [7, 11) is 0. The van der Waals surface area contributed by atoms with Crippen molar-refractivity contribution in [3.05, 3.63) is 23.8 Å². The lowest BCUT2D eigenvalue weighted by Crippen LogP contribution is -2.70. The predicted octanol–water partition coefficient (Wildman–Crippen LogP) is 1.84. The molecule has 5 nitrogen and oxygen atoms in total. The van der Waals surface area contributed by atoms with Crippen LogP contribution < -0.4 is 0 Å². The van der Waals surface area contributed by atoms with Crippen LogP contribution in [-0.2, 0) is 9.59 Å². The van der Waals surface area contributed by atoms with Gasteiger partial charge in [0.1, 0.15) is 18.4 Å². The van der Waals surface area contributed by atoms with E-state index < -0.39 is 70.3 Å². The van der Waals surface area contributed by atoms with E-state index >= 15 is 8.78 Å². The average molecular weight is 410 g/mol. The Morgan fingerprint density at radius 1 is 1.28 bits per heavy atom. The summed E-state index contributed by atoms with van der Waals surface area (Å²) in [5.74, 6) is -3.24. The quantitative estimate of drug-likeness (QED) is 0.646. The smallest absolute Gasteiger partial charge is 0.190 e. The van der Waals surface area contributed by atoms with E-state index in [0.717, 1.165) is 6.08 Å². The summed E-state index contributed by atoms with van der Waals surface area (Å²) >= 11 is 0. The second kappa shape index (κ2) is 6.05. The highest BCUT2D eigenvalue weighted by molar-refractivity contribution is 6.01. The van der Waals surface area contributed by atoms with Crippen LogP contribution in [0.1, 0.15) is 40.0 Å². The molecular weight excluding hydrogens is 382 g/mol. The van der Waals surface area contributed by atoms with Crippen LogP contribution in [0.15, 0.2) is 23.8 Å². The van der Waals surface area contributed by atoms with E-state index in [4.69, 9.17) is 0 Å². The lowest BCUT2D eigenvalue weighted by atomic mass is 9.44. The highest BCUT2D eigenvalue weighted by Gasteiger charge is 2.76. The number of carbonyl (C=O) groups excluding carboxylic acids is 2. The molecule has 0 radical (unpaired) electrons. The van der Waals surface area contributed by atoms with Gasteiger partial charge in [0.05, 0.1) is 6.10 Å². The lowest BCUT2D eigenvalue weighted by molar-refractivity contribution is -0.223. The minimum absolute atomic E-state index is 0.0409. The van der Waals surface area contributed by atoms with Gasteiger partial charge in [-0.15, -0.1) is 0 Å². The van der Waals surface area contributed by atoms with Crippen molar-refractivity contribution in [1.82, 2.24) is 0 Å². The van der Waals surface area contributed by atoms with Gasteiger partial charge in [0, 0.05) is 16.7 Å². The minimum atomic E-state index is -2.24. The number of aliphatic hydroxyl groups excluding tert-OH is 2. The molecule has 4 rings (SSSR count). The molecule has 0 aromatic rings. The number of rotatable bonds is 2. The Morgan fingerprint density at radius 2 is 1.93 bits per heavy atom. The number of allylic oxidation sites excluding steroid dienone is 4. The van der Waals surface area contributed by atoms with Crippen LogP contribution >= 0.6 is 0 Å². The number of aliphatic hydroxyl groups is 3. The summed E-state index contributed by atoms with van der Waals surface area (Å²) in [6.07, 6.45) is 0.427. The molecule has 9 atom stereocenters. The maximum Gasteiger partial charge on any atom is 0.190 e. The second-order valence-electron chi connectivity index (χ2n) is 9.84. The van der Waals surface area contributed by atoms with E-state index in [1.165, 1.54) is 19.1 Å². The zero-order valence-electron chi connectivity index (χ0n) is 16.9. The number of alkyl halides is 2. The van der Waals surface area contributed by atoms with Crippen LogP contribution in [0.2, 0.25) is 0 Å². The Balaban J connectivity index is 1.87. The molecule has 0 bridgehead atoms. The molecule has 0 saturated heterocycles. The molecule has 0 aliphatic heterocycles. The van der Waals surface area contributed by atoms with Gasteiger partial charge in [-0.3, -0.25) is 9.59 Å². The van der Waals surface area contributed by atoms with Gasteiger partial charge in [0.15, 0.2) is 17.2 Å². The van der Waals surface area contributed by atoms with E-state index in [2.05, 4.69) is 0 Å². The van der Waals surface area contributed by atoms with Crippen LogP contribution in [-0.4, -0.2) is 57.0 Å². The standard InChI is InChI=1S/C22H28F2O5/c1-11-6-13-14-8-16(23)15-7-12(26)4-5-19(15,2)21(14,24)17(27)9-20(13,3)22(11,29)18(28)10-25/h4-5,7,11,13-14,16-17,25,27,29H,6,8-10H2,1-3H3/t11-,13-,14+,16+,17+,19+,20-,21+,22+/m1/s1. The van der Waals surface area contributed by atoms with Gasteiger partial charge in [-0.1, -0.05) is 19.9 Å². The summed E-state index contributed by atoms with van der Waals surface area (Å²) < 4.78 is 32.1. The molecule has 0 aromatic heterocycles. The number of halogens is 2. The molecule has 0 aromatic carbocycles. The fourth-order valence-electron chi connectivity index (χ4n) is 7.25. The zero-order valence-corrected chi connectivity index (χ0v) is 16.9. The van der Waals surface area contributed by atoms with Crippen LogP contribution in [0.3, 0.4) is 0 Å². The summed E-state index contributed by atoms with van der Waals surface area (Å²) in [6, 6.07) is 0. The van der Waals surface area contributed by atoms with Gasteiger partial charge in [-0.25, -0.2) is 8.78 Å². The largest absolute Gasteiger partial charge is 0.390 e. The SMILES string of the molecule is C[C@@H]1C[C@@H]2[C@@H]3C[C@H](F)C4=CC(=O)C=C[C@]4(C)[C@@]3(F)[C@@H](O)C[C@@]2(C)[C@@]1(O)C(=O)CO. The molecule has 160 valence electrons. The fraction of sp³-hybridized carbons (Fsp3) is 0.727. The van der Waals surface area contributed by atoms with Crippen molar-refractivity contribution in [2.45, 2.75) is 63.6 Å². The molecule has 7 heteroatoms. The van der Waals surface area contributed by atoms with Crippen molar-refractivity contribution in [1.29, 1.82) is 0 Å². The number of Topliss-reactive ketones (excluding diaryl/α,β-unsaturated/α-hetero) is 1. The molecule has 3 N–H and O–H groups in total. The van der Waals surface area contributed by atoms with Gasteiger partial charge in [0.25, 0.3) is 0 Å². The summed E-state index contributed by atoms with van der Waals surface area (Å²) in [6.45, 7) is 3.96. The van der Waals surface area contributed by atoms with Gasteiger partial charge in [-0.2, -0.15) is 0 Å². The Morgan fingerprint density at radius 3 is 2.55 bits per heavy atom. The number of ketones is 2. The van der Waals surface area contributed by atoms with E-state index in [9.17, 15) is 24.9 Å². The normalized spacial score (nSPS) is 53.7. The molecule has 0 amide bonds. The molecule has 4 aliphatic carbocycles. The van der Waals surface area contributed by atoms with Gasteiger partial charge in [0.2, 0.25) is 0 Å². The van der Waals surface area contributed by atoms with Gasteiger partial charge < -0.3 is 15.3 Å². The molecule has 0 heterocycles. The third kappa shape index (κ3) is 2.19. The van der Waals surface area contributed by atoms with Crippen LogP contribution in [0.25, 0.3) is 0 Å². The Bertz CT molecular complexity index is 839. The third-order valence-electron chi connectivity index (χ3n) is 8.78. The molecule has 4 aliphatic rings. The number of fused-ring (bicyclic) bond motifs is 5. The minimum Gasteiger partial charge on any atom is -0.390 e. The number of hydrogen-bond donors (Lipinski definition) is 3. The molecule has 0 unspecified atom stereocenters. The zero-order chi connectivity index (χ0) is 21.6. The second-order valence-corrected chi connectivity index (χ2v) is 9.84. The van der Waals surface area contributed by atoms with Crippen molar-refractivity contribution >= 4 is 11.6 Å².